The molecule has 11 aromatic rings. The molecule has 350 valence electrons. The first-order valence-corrected chi connectivity index (χ1v) is 24.0. The number of fused-ring (bicyclic) bond motifs is 4. The number of aromatic nitrogens is 4. The maximum Gasteiger partial charge on any atom is 0.269 e. The van der Waals surface area contributed by atoms with E-state index >= 15 is 0 Å². The molecule has 11 rings (SSSR count). The quantitative estimate of drug-likeness (QED) is 0.112. The van der Waals surface area contributed by atoms with Crippen LogP contribution in [-0.4, -0.2) is 14.1 Å². The van der Waals surface area contributed by atoms with Gasteiger partial charge in [0, 0.05) is 23.0 Å². The van der Waals surface area contributed by atoms with Crippen LogP contribution in [0, 0.1) is 6.33 Å². The summed E-state index contributed by atoms with van der Waals surface area (Å²) < 4.78 is 103. The number of nitrogens with zero attached hydrogens (tertiary/aromatic N) is 4. The number of ether oxygens (including phenoxy) is 1. The summed E-state index contributed by atoms with van der Waals surface area (Å²) in [6.45, 7) is 18.9. The fraction of sp³-hybridized carbons (Fsp3) is 0.182. The predicted octanol–water partition coefficient (Wildman–Crippen LogP) is 16.9. The number of benzene rings is 8. The highest BCUT2D eigenvalue weighted by atomic mass is 16.5. The zero-order chi connectivity index (χ0) is 57.9. The maximum atomic E-state index is 9.39. The van der Waals surface area contributed by atoms with Crippen molar-refractivity contribution in [3.63, 3.8) is 0 Å². The third-order valence-corrected chi connectivity index (χ3v) is 13.3. The van der Waals surface area contributed by atoms with E-state index in [1.54, 1.807) is 16.7 Å². The van der Waals surface area contributed by atoms with Gasteiger partial charge in [-0.2, -0.15) is 0 Å². The zero-order valence-corrected chi connectivity index (χ0v) is 41.5. The summed E-state index contributed by atoms with van der Waals surface area (Å²) in [6, 6.07) is 38.8. The standard InChI is InChI=1S/C66H60N4O/c1-64(2,3)48-30-27-44(28-31-48)47-29-34-59-61(37-47)68(43-69(59)63-56(45-19-12-10-13-20-45)38-50(66(7,8)9)39-57(63)46-21-14-11-15-22-46)51-23-18-24-52(41-51)71-53-32-33-55-54-25-16-17-26-58(54)70(60(55)42-53)62-40-49(35-36-67-62)65(4,5)6/h10-42H,1-9H3/i10D,11D,12D,13D,14D,15D,19D,20D,21D,22D. The molecular formula is C66H60N4O. The molecule has 0 unspecified atom stereocenters. The van der Waals surface area contributed by atoms with Crippen molar-refractivity contribution in [2.45, 2.75) is 78.6 Å². The maximum absolute atomic E-state index is 9.39. The van der Waals surface area contributed by atoms with Crippen LogP contribution in [0.2, 0.25) is 0 Å². The topological polar surface area (TPSA) is 35.9 Å². The van der Waals surface area contributed by atoms with E-state index in [0.717, 1.165) is 44.3 Å². The third-order valence-electron chi connectivity index (χ3n) is 13.3. The van der Waals surface area contributed by atoms with E-state index in [0.29, 0.717) is 33.8 Å². The van der Waals surface area contributed by atoms with Gasteiger partial charge in [-0.1, -0.05) is 196 Å². The van der Waals surface area contributed by atoms with Gasteiger partial charge >= 0.3 is 0 Å². The van der Waals surface area contributed by atoms with Gasteiger partial charge < -0.3 is 4.74 Å². The highest BCUT2D eigenvalue weighted by Crippen LogP contribution is 2.41. The van der Waals surface area contributed by atoms with Gasteiger partial charge in [0.05, 0.1) is 47.1 Å². The van der Waals surface area contributed by atoms with E-state index in [9.17, 15) is 5.48 Å². The lowest BCUT2D eigenvalue weighted by atomic mass is 9.82. The summed E-state index contributed by atoms with van der Waals surface area (Å²) in [6.07, 6.45) is 5.45. The Labute approximate surface area is 432 Å². The molecular weight excluding hydrogens is 865 g/mol. The van der Waals surface area contributed by atoms with Crippen LogP contribution >= 0.6 is 0 Å². The van der Waals surface area contributed by atoms with Crippen molar-refractivity contribution in [2.24, 2.45) is 0 Å². The molecule has 0 aliphatic carbocycles. The molecule has 0 amide bonds. The Morgan fingerprint density at radius 2 is 1.11 bits per heavy atom. The van der Waals surface area contributed by atoms with Gasteiger partial charge in [-0.15, -0.1) is 0 Å². The third kappa shape index (κ3) is 8.60. The SMILES string of the molecule is [2H]c1c([2H])c([2H])c(-c2cc(C(C)(C)C)cc(-c3c([2H])c([2H])c([2H])c([2H])c3[2H])c2-[n+]2[c-]n(-c3cccc(Oc4ccc5c6ccccc6n(-c6cc(C(C)(C)C)ccn6)c5c4)c3)c3cc(-c4ccc(C(C)(C)C)cc4)ccc32)c([2H])c1[2H]. The highest BCUT2D eigenvalue weighted by molar-refractivity contribution is 6.09. The first kappa shape index (κ1) is 35.1. The molecule has 3 heterocycles. The van der Waals surface area contributed by atoms with Crippen molar-refractivity contribution < 1.29 is 23.0 Å². The Balaban J connectivity index is 1.17. The first-order chi connectivity index (χ1) is 38.2. The fourth-order valence-electron chi connectivity index (χ4n) is 9.36. The van der Waals surface area contributed by atoms with E-state index in [-0.39, 0.29) is 38.8 Å². The van der Waals surface area contributed by atoms with Crippen LogP contribution in [0.15, 0.2) is 200 Å². The fourth-order valence-corrected chi connectivity index (χ4v) is 9.36. The van der Waals surface area contributed by atoms with Gasteiger partial charge in [-0.3, -0.25) is 13.7 Å². The van der Waals surface area contributed by atoms with E-state index < -0.39 is 65.8 Å². The molecule has 5 nitrogen and oxygen atoms in total. The second kappa shape index (κ2) is 17.4. The average molecular weight is 935 g/mol. The van der Waals surface area contributed by atoms with E-state index in [2.05, 4.69) is 107 Å². The molecule has 8 aromatic carbocycles. The molecule has 0 spiro atoms. The second-order valence-corrected chi connectivity index (χ2v) is 21.3. The Hall–Kier alpha value is -8.02. The van der Waals surface area contributed by atoms with Gasteiger partial charge in [-0.25, -0.2) is 4.98 Å². The van der Waals surface area contributed by atoms with Crippen molar-refractivity contribution in [3.05, 3.63) is 223 Å². The number of hydrogen-bond acceptors (Lipinski definition) is 2. The van der Waals surface area contributed by atoms with Crippen LogP contribution in [0.4, 0.5) is 0 Å². The molecule has 0 N–H and O–H groups in total. The van der Waals surface area contributed by atoms with Crippen LogP contribution in [0.25, 0.3) is 83.4 Å². The Bertz CT molecular complexity index is 4240. The van der Waals surface area contributed by atoms with Crippen LogP contribution < -0.4 is 9.30 Å². The molecule has 3 aromatic heterocycles. The predicted molar refractivity (Wildman–Crippen MR) is 295 cm³/mol. The van der Waals surface area contributed by atoms with Gasteiger partial charge in [0.15, 0.2) is 0 Å². The Morgan fingerprint density at radius 1 is 0.493 bits per heavy atom. The molecule has 0 fully saturated rings. The molecule has 0 bridgehead atoms. The number of imidazole rings is 1. The van der Waals surface area contributed by atoms with Crippen molar-refractivity contribution in [1.82, 2.24) is 14.1 Å². The smallest absolute Gasteiger partial charge is 0.269 e. The largest absolute Gasteiger partial charge is 0.458 e. The molecule has 0 saturated carbocycles. The molecule has 0 saturated heterocycles. The van der Waals surface area contributed by atoms with Crippen LogP contribution in [0.1, 0.15) is 92.7 Å². The average Bonchev–Trinajstić information content (AvgIpc) is 4.25. The lowest BCUT2D eigenvalue weighted by molar-refractivity contribution is -0.571. The summed E-state index contributed by atoms with van der Waals surface area (Å²) in [5, 5.41) is 2.12. The van der Waals surface area contributed by atoms with Crippen molar-refractivity contribution in [2.75, 3.05) is 0 Å². The summed E-state index contributed by atoms with van der Waals surface area (Å²) in [5.41, 5.74) is 7.94. The molecule has 0 aliphatic rings. The summed E-state index contributed by atoms with van der Waals surface area (Å²) >= 11 is 0. The van der Waals surface area contributed by atoms with Gasteiger partial charge in [0.2, 0.25) is 0 Å². The molecule has 0 radical (unpaired) electrons. The van der Waals surface area contributed by atoms with Crippen LogP contribution in [-0.2, 0) is 16.2 Å². The summed E-state index contributed by atoms with van der Waals surface area (Å²) in [4.78, 5) is 4.87. The summed E-state index contributed by atoms with van der Waals surface area (Å²) in [5.74, 6) is 1.88. The molecule has 71 heavy (non-hydrogen) atoms. The molecule has 0 atom stereocenters. The second-order valence-electron chi connectivity index (χ2n) is 21.3. The van der Waals surface area contributed by atoms with E-state index in [4.69, 9.17) is 17.9 Å². The van der Waals surface area contributed by atoms with Crippen LogP contribution in [0.5, 0.6) is 11.5 Å². The monoisotopic (exact) mass is 935 g/mol. The van der Waals surface area contributed by atoms with E-state index in [1.165, 1.54) is 5.56 Å². The minimum atomic E-state index is -0.654. The lowest BCUT2D eigenvalue weighted by Gasteiger charge is -2.25. The number of para-hydroxylation sites is 1. The zero-order valence-electron chi connectivity index (χ0n) is 51.5. The van der Waals surface area contributed by atoms with Gasteiger partial charge in [0.1, 0.15) is 17.3 Å². The van der Waals surface area contributed by atoms with Gasteiger partial charge in [0.25, 0.3) is 6.33 Å². The minimum absolute atomic E-state index is 0.0807. The highest BCUT2D eigenvalue weighted by Gasteiger charge is 2.25. The Morgan fingerprint density at radius 3 is 1.77 bits per heavy atom. The van der Waals surface area contributed by atoms with E-state index in [1.807, 2.05) is 98.3 Å². The number of rotatable bonds is 8. The van der Waals surface area contributed by atoms with Crippen molar-refractivity contribution in [3.8, 4) is 62.1 Å². The normalized spacial score (nSPS) is 14.3. The number of hydrogen-bond donors (Lipinski definition) is 0. The van der Waals surface area contributed by atoms with Crippen molar-refractivity contribution >= 4 is 32.8 Å². The number of pyridine rings is 1. The molecule has 5 heteroatoms. The minimum Gasteiger partial charge on any atom is -0.458 e. The van der Waals surface area contributed by atoms with Crippen molar-refractivity contribution in [1.29, 1.82) is 0 Å². The first-order valence-electron chi connectivity index (χ1n) is 29.0. The molecule has 0 aliphatic heterocycles. The lowest BCUT2D eigenvalue weighted by Crippen LogP contribution is -2.32. The summed E-state index contributed by atoms with van der Waals surface area (Å²) in [7, 11) is 0. The van der Waals surface area contributed by atoms with Gasteiger partial charge in [-0.05, 0) is 121 Å². The van der Waals surface area contributed by atoms with Crippen LogP contribution in [0.3, 0.4) is 0 Å². The Kier molecular flexibility index (Phi) is 8.63.